The lowest BCUT2D eigenvalue weighted by atomic mass is 9.91. The van der Waals surface area contributed by atoms with Crippen LogP contribution in [0.15, 0.2) is 0 Å². The standard InChI is InChI=1S/C12H22N2/c1-6(2)12(14-13)11-9-7-3-4-8(5-7)10(9)11/h6-12,14H,3-5,13H2,1-2H3. The Morgan fingerprint density at radius 1 is 1.14 bits per heavy atom. The third-order valence-electron chi connectivity index (χ3n) is 5.12. The van der Waals surface area contributed by atoms with Crippen LogP contribution < -0.4 is 11.3 Å². The highest BCUT2D eigenvalue weighted by atomic mass is 15.2. The summed E-state index contributed by atoms with van der Waals surface area (Å²) < 4.78 is 0. The summed E-state index contributed by atoms with van der Waals surface area (Å²) in [6.45, 7) is 4.58. The van der Waals surface area contributed by atoms with Crippen LogP contribution in [0.4, 0.5) is 0 Å². The molecule has 3 aliphatic rings. The number of hydrazine groups is 1. The van der Waals surface area contributed by atoms with Crippen LogP contribution in [0.2, 0.25) is 0 Å². The molecule has 5 atom stereocenters. The highest BCUT2D eigenvalue weighted by Gasteiger charge is 2.66. The molecule has 2 bridgehead atoms. The maximum Gasteiger partial charge on any atom is 0.0267 e. The van der Waals surface area contributed by atoms with Crippen LogP contribution in [-0.4, -0.2) is 6.04 Å². The van der Waals surface area contributed by atoms with Crippen molar-refractivity contribution in [2.24, 2.45) is 41.4 Å². The summed E-state index contributed by atoms with van der Waals surface area (Å²) in [6, 6.07) is 0.577. The zero-order valence-corrected chi connectivity index (χ0v) is 9.24. The van der Waals surface area contributed by atoms with Gasteiger partial charge in [-0.25, -0.2) is 0 Å². The number of hydrogen-bond donors (Lipinski definition) is 2. The Kier molecular flexibility index (Phi) is 1.94. The summed E-state index contributed by atoms with van der Waals surface area (Å²) in [5.41, 5.74) is 3.06. The largest absolute Gasteiger partial charge is 0.271 e. The lowest BCUT2D eigenvalue weighted by Crippen LogP contribution is -2.42. The van der Waals surface area contributed by atoms with E-state index >= 15 is 0 Å². The van der Waals surface area contributed by atoms with Gasteiger partial charge in [0.25, 0.3) is 0 Å². The predicted molar refractivity (Wildman–Crippen MR) is 57.3 cm³/mol. The van der Waals surface area contributed by atoms with Gasteiger partial charge in [0.2, 0.25) is 0 Å². The van der Waals surface area contributed by atoms with Crippen molar-refractivity contribution < 1.29 is 0 Å². The number of nitrogens with one attached hydrogen (secondary N) is 1. The van der Waals surface area contributed by atoms with E-state index in [4.69, 9.17) is 5.84 Å². The Hall–Kier alpha value is -0.0800. The van der Waals surface area contributed by atoms with Crippen molar-refractivity contribution in [1.82, 2.24) is 5.43 Å². The van der Waals surface area contributed by atoms with Crippen LogP contribution in [0.1, 0.15) is 33.1 Å². The molecule has 5 unspecified atom stereocenters. The quantitative estimate of drug-likeness (QED) is 0.531. The zero-order valence-electron chi connectivity index (χ0n) is 9.24. The lowest BCUT2D eigenvalue weighted by molar-refractivity contribution is 0.304. The zero-order chi connectivity index (χ0) is 9.87. The molecule has 0 aliphatic heterocycles. The van der Waals surface area contributed by atoms with Gasteiger partial charge in [-0.1, -0.05) is 13.8 Å². The normalized spacial score (nSPS) is 51.0. The Morgan fingerprint density at radius 3 is 2.14 bits per heavy atom. The van der Waals surface area contributed by atoms with E-state index < -0.39 is 0 Å². The van der Waals surface area contributed by atoms with Gasteiger partial charge in [-0.15, -0.1) is 0 Å². The molecule has 3 saturated carbocycles. The second kappa shape index (κ2) is 2.96. The lowest BCUT2D eigenvalue weighted by Gasteiger charge is -2.23. The topological polar surface area (TPSA) is 38.0 Å². The van der Waals surface area contributed by atoms with E-state index in [1.54, 1.807) is 6.42 Å². The third kappa shape index (κ3) is 1.04. The Labute approximate surface area is 86.6 Å². The first-order valence-electron chi connectivity index (χ1n) is 6.20. The molecule has 2 heteroatoms. The Balaban J connectivity index is 1.72. The highest BCUT2D eigenvalue weighted by molar-refractivity contribution is 5.15. The fourth-order valence-corrected chi connectivity index (χ4v) is 4.62. The summed E-state index contributed by atoms with van der Waals surface area (Å²) in [5.74, 6) is 11.5. The molecule has 3 rings (SSSR count). The summed E-state index contributed by atoms with van der Waals surface area (Å²) >= 11 is 0. The van der Waals surface area contributed by atoms with Crippen LogP contribution in [0, 0.1) is 35.5 Å². The van der Waals surface area contributed by atoms with E-state index in [0.29, 0.717) is 12.0 Å². The minimum Gasteiger partial charge on any atom is -0.271 e. The van der Waals surface area contributed by atoms with E-state index in [1.807, 2.05) is 0 Å². The fourth-order valence-electron chi connectivity index (χ4n) is 4.62. The van der Waals surface area contributed by atoms with Gasteiger partial charge in [-0.3, -0.25) is 11.3 Å². The van der Waals surface area contributed by atoms with E-state index in [2.05, 4.69) is 19.3 Å². The van der Waals surface area contributed by atoms with Crippen molar-refractivity contribution in [2.75, 3.05) is 0 Å². The monoisotopic (exact) mass is 194 g/mol. The van der Waals surface area contributed by atoms with Crippen molar-refractivity contribution in [1.29, 1.82) is 0 Å². The average molecular weight is 194 g/mol. The molecule has 2 nitrogen and oxygen atoms in total. The molecule has 3 fully saturated rings. The smallest absolute Gasteiger partial charge is 0.0267 e. The maximum absolute atomic E-state index is 5.68. The first-order valence-corrected chi connectivity index (χ1v) is 6.20. The molecular formula is C12H22N2. The van der Waals surface area contributed by atoms with Crippen molar-refractivity contribution >= 4 is 0 Å². The summed E-state index contributed by atoms with van der Waals surface area (Å²) in [4.78, 5) is 0. The molecule has 0 aromatic rings. The fraction of sp³-hybridized carbons (Fsp3) is 1.00. The Bertz CT molecular complexity index is 222. The van der Waals surface area contributed by atoms with Crippen molar-refractivity contribution in [3.05, 3.63) is 0 Å². The number of fused-ring (bicyclic) bond motifs is 5. The van der Waals surface area contributed by atoms with E-state index in [1.165, 1.54) is 12.8 Å². The van der Waals surface area contributed by atoms with E-state index in [0.717, 1.165) is 29.6 Å². The summed E-state index contributed by atoms with van der Waals surface area (Å²) in [5, 5.41) is 0. The minimum absolute atomic E-state index is 0.577. The first-order chi connectivity index (χ1) is 6.74. The molecule has 0 heterocycles. The average Bonchev–Trinajstić information content (AvgIpc) is 2.57. The second-order valence-electron chi connectivity index (χ2n) is 6.00. The van der Waals surface area contributed by atoms with E-state index in [-0.39, 0.29) is 0 Å². The molecule has 3 aliphatic carbocycles. The third-order valence-corrected chi connectivity index (χ3v) is 5.12. The van der Waals surface area contributed by atoms with Crippen LogP contribution in [-0.2, 0) is 0 Å². The number of nitrogens with two attached hydrogens (primary N) is 1. The van der Waals surface area contributed by atoms with Crippen LogP contribution in [0.5, 0.6) is 0 Å². The van der Waals surface area contributed by atoms with Crippen molar-refractivity contribution in [2.45, 2.75) is 39.2 Å². The van der Waals surface area contributed by atoms with Gasteiger partial charge in [0.05, 0.1) is 0 Å². The maximum atomic E-state index is 5.68. The molecule has 0 aromatic carbocycles. The van der Waals surface area contributed by atoms with Crippen LogP contribution in [0.25, 0.3) is 0 Å². The summed E-state index contributed by atoms with van der Waals surface area (Å²) in [6.07, 6.45) is 4.57. The van der Waals surface area contributed by atoms with E-state index in [9.17, 15) is 0 Å². The molecule has 0 aromatic heterocycles. The molecule has 0 amide bonds. The number of rotatable bonds is 3. The van der Waals surface area contributed by atoms with Crippen molar-refractivity contribution in [3.8, 4) is 0 Å². The Morgan fingerprint density at radius 2 is 1.71 bits per heavy atom. The van der Waals surface area contributed by atoms with Gasteiger partial charge in [-0.05, 0) is 54.8 Å². The van der Waals surface area contributed by atoms with Gasteiger partial charge >= 0.3 is 0 Å². The highest BCUT2D eigenvalue weighted by Crippen LogP contribution is 2.70. The van der Waals surface area contributed by atoms with Crippen LogP contribution in [0.3, 0.4) is 0 Å². The molecule has 0 radical (unpaired) electrons. The van der Waals surface area contributed by atoms with Gasteiger partial charge in [0.1, 0.15) is 0 Å². The molecular weight excluding hydrogens is 172 g/mol. The van der Waals surface area contributed by atoms with Crippen LogP contribution >= 0.6 is 0 Å². The first kappa shape index (κ1) is 9.17. The van der Waals surface area contributed by atoms with Crippen molar-refractivity contribution in [3.63, 3.8) is 0 Å². The van der Waals surface area contributed by atoms with Gasteiger partial charge in [0.15, 0.2) is 0 Å². The van der Waals surface area contributed by atoms with Gasteiger partial charge in [-0.2, -0.15) is 0 Å². The molecule has 80 valence electrons. The molecule has 0 saturated heterocycles. The molecule has 0 spiro atoms. The van der Waals surface area contributed by atoms with Gasteiger partial charge < -0.3 is 0 Å². The van der Waals surface area contributed by atoms with Gasteiger partial charge in [0, 0.05) is 6.04 Å². The molecule has 3 N–H and O–H groups in total. The SMILES string of the molecule is CC(C)C(NN)C1C2C3CCC(C3)C21. The predicted octanol–water partition coefficient (Wildman–Crippen LogP) is 1.77. The second-order valence-corrected chi connectivity index (χ2v) is 6.00. The number of hydrogen-bond acceptors (Lipinski definition) is 2. The summed E-state index contributed by atoms with van der Waals surface area (Å²) in [7, 11) is 0. The molecule has 14 heavy (non-hydrogen) atoms. The minimum atomic E-state index is 0.577.